The first-order chi connectivity index (χ1) is 9.67. The van der Waals surface area contributed by atoms with E-state index in [4.69, 9.17) is 17.3 Å². The average molecular weight is 290 g/mol. The van der Waals surface area contributed by atoms with E-state index in [0.29, 0.717) is 11.7 Å². The summed E-state index contributed by atoms with van der Waals surface area (Å²) in [5.41, 5.74) is 2.57. The van der Waals surface area contributed by atoms with Crippen LogP contribution in [0.3, 0.4) is 0 Å². The molecule has 0 amide bonds. The summed E-state index contributed by atoms with van der Waals surface area (Å²) >= 11 is 5.18. The fourth-order valence-corrected chi connectivity index (χ4v) is 1.90. The molecule has 0 aromatic heterocycles. The second kappa shape index (κ2) is 6.98. The summed E-state index contributed by atoms with van der Waals surface area (Å²) in [5.74, 6) is -0.254. The lowest BCUT2D eigenvalue weighted by Gasteiger charge is -2.11. The van der Waals surface area contributed by atoms with Gasteiger partial charge in [0.1, 0.15) is 5.82 Å². The number of aliphatic hydroxyl groups is 1. The predicted molar refractivity (Wildman–Crippen MR) is 81.8 cm³/mol. The van der Waals surface area contributed by atoms with Crippen molar-refractivity contribution in [2.45, 2.75) is 13.2 Å². The lowest BCUT2D eigenvalue weighted by molar-refractivity contribution is 0.282. The summed E-state index contributed by atoms with van der Waals surface area (Å²) in [7, 11) is 0. The van der Waals surface area contributed by atoms with E-state index < -0.39 is 0 Å². The molecule has 0 bridgehead atoms. The van der Waals surface area contributed by atoms with E-state index in [1.54, 1.807) is 12.1 Å². The molecule has 2 aromatic rings. The van der Waals surface area contributed by atoms with E-state index >= 15 is 0 Å². The number of hydrogen-bond donors (Lipinski definition) is 3. The van der Waals surface area contributed by atoms with E-state index in [0.717, 1.165) is 16.8 Å². The Kier molecular flexibility index (Phi) is 5.03. The Balaban J connectivity index is 1.87. The number of hydrogen-bond acceptors (Lipinski definition) is 2. The lowest BCUT2D eigenvalue weighted by atomic mass is 10.2. The van der Waals surface area contributed by atoms with Crippen LogP contribution in [0, 0.1) is 5.82 Å². The van der Waals surface area contributed by atoms with Crippen LogP contribution in [0.1, 0.15) is 11.1 Å². The van der Waals surface area contributed by atoms with Crippen LogP contribution in [0.2, 0.25) is 0 Å². The van der Waals surface area contributed by atoms with E-state index in [1.165, 1.54) is 12.1 Å². The zero-order chi connectivity index (χ0) is 14.4. The molecule has 0 aliphatic heterocycles. The van der Waals surface area contributed by atoms with Gasteiger partial charge in [-0.15, -0.1) is 0 Å². The number of anilines is 1. The van der Waals surface area contributed by atoms with E-state index in [-0.39, 0.29) is 12.4 Å². The number of aliphatic hydroxyl groups excluding tert-OH is 1. The molecule has 2 rings (SSSR count). The fraction of sp³-hybridized carbons (Fsp3) is 0.133. The van der Waals surface area contributed by atoms with Crippen molar-refractivity contribution in [2.24, 2.45) is 0 Å². The summed E-state index contributed by atoms with van der Waals surface area (Å²) in [4.78, 5) is 0. The maximum Gasteiger partial charge on any atom is 0.171 e. The summed E-state index contributed by atoms with van der Waals surface area (Å²) in [6, 6.07) is 13.6. The minimum atomic E-state index is -0.254. The molecule has 3 N–H and O–H groups in total. The molecule has 0 atom stereocenters. The van der Waals surface area contributed by atoms with Crippen LogP contribution in [-0.2, 0) is 13.2 Å². The van der Waals surface area contributed by atoms with Crippen LogP contribution in [0.5, 0.6) is 0 Å². The second-order valence-corrected chi connectivity index (χ2v) is 4.70. The Bertz CT molecular complexity index is 587. The quantitative estimate of drug-likeness (QED) is 0.758. The molecule has 104 valence electrons. The van der Waals surface area contributed by atoms with Crippen molar-refractivity contribution in [3.05, 3.63) is 65.5 Å². The van der Waals surface area contributed by atoms with Crippen LogP contribution in [0.15, 0.2) is 48.5 Å². The van der Waals surface area contributed by atoms with Gasteiger partial charge in [-0.2, -0.15) is 0 Å². The third kappa shape index (κ3) is 4.29. The van der Waals surface area contributed by atoms with E-state index in [9.17, 15) is 4.39 Å². The first-order valence-corrected chi connectivity index (χ1v) is 6.57. The van der Waals surface area contributed by atoms with Gasteiger partial charge in [0, 0.05) is 12.2 Å². The Hall–Kier alpha value is -1.98. The Morgan fingerprint density at radius 3 is 2.55 bits per heavy atom. The second-order valence-electron chi connectivity index (χ2n) is 4.29. The van der Waals surface area contributed by atoms with Gasteiger partial charge in [0.15, 0.2) is 5.11 Å². The lowest BCUT2D eigenvalue weighted by Crippen LogP contribution is -2.27. The van der Waals surface area contributed by atoms with Crippen molar-refractivity contribution >= 4 is 23.0 Å². The van der Waals surface area contributed by atoms with Gasteiger partial charge in [0.2, 0.25) is 0 Å². The minimum Gasteiger partial charge on any atom is -0.392 e. The van der Waals surface area contributed by atoms with Crippen LogP contribution in [0.25, 0.3) is 0 Å². The Morgan fingerprint density at radius 2 is 1.85 bits per heavy atom. The van der Waals surface area contributed by atoms with Crippen molar-refractivity contribution < 1.29 is 9.50 Å². The maximum absolute atomic E-state index is 12.8. The van der Waals surface area contributed by atoms with E-state index in [2.05, 4.69) is 10.6 Å². The topological polar surface area (TPSA) is 44.3 Å². The van der Waals surface area contributed by atoms with Gasteiger partial charge in [-0.3, -0.25) is 0 Å². The number of benzene rings is 2. The molecule has 0 unspecified atom stereocenters. The largest absolute Gasteiger partial charge is 0.392 e. The van der Waals surface area contributed by atoms with Gasteiger partial charge in [0.05, 0.1) is 6.61 Å². The molecule has 0 fully saturated rings. The number of halogens is 1. The molecule has 5 heteroatoms. The first kappa shape index (κ1) is 14.4. The van der Waals surface area contributed by atoms with Crippen molar-refractivity contribution in [3.63, 3.8) is 0 Å². The van der Waals surface area contributed by atoms with Crippen LogP contribution >= 0.6 is 12.2 Å². The molecular formula is C15H15FN2OS. The van der Waals surface area contributed by atoms with Crippen LogP contribution < -0.4 is 10.6 Å². The standard InChI is InChI=1S/C15H15FN2OS/c16-13-6-4-11(5-7-13)9-17-15(20)18-14-3-1-2-12(8-14)10-19/h1-8,19H,9-10H2,(H2,17,18,20). The smallest absolute Gasteiger partial charge is 0.171 e. The highest BCUT2D eigenvalue weighted by Gasteiger charge is 1.99. The molecule has 0 heterocycles. The zero-order valence-electron chi connectivity index (χ0n) is 10.8. The van der Waals surface area contributed by atoms with Gasteiger partial charge < -0.3 is 15.7 Å². The predicted octanol–water partition coefficient (Wildman–Crippen LogP) is 2.80. The number of thiocarbonyl (C=S) groups is 1. The Labute approximate surface area is 122 Å². The molecule has 0 radical (unpaired) electrons. The molecule has 2 aromatic carbocycles. The van der Waals surface area contributed by atoms with Crippen LogP contribution in [0.4, 0.5) is 10.1 Å². The minimum absolute atomic E-state index is 0.00864. The molecule has 3 nitrogen and oxygen atoms in total. The monoisotopic (exact) mass is 290 g/mol. The number of rotatable bonds is 4. The SMILES string of the molecule is OCc1cccc(NC(=S)NCc2ccc(F)cc2)c1. The molecule has 0 aliphatic carbocycles. The summed E-state index contributed by atoms with van der Waals surface area (Å²) in [6.07, 6.45) is 0. The van der Waals surface area contributed by atoms with Crippen molar-refractivity contribution in [2.75, 3.05) is 5.32 Å². The molecule has 0 spiro atoms. The van der Waals surface area contributed by atoms with Gasteiger partial charge in [-0.25, -0.2) is 4.39 Å². The maximum atomic E-state index is 12.8. The highest BCUT2D eigenvalue weighted by molar-refractivity contribution is 7.80. The van der Waals surface area contributed by atoms with Crippen LogP contribution in [-0.4, -0.2) is 10.2 Å². The molecular weight excluding hydrogens is 275 g/mol. The van der Waals surface area contributed by atoms with Gasteiger partial charge in [-0.1, -0.05) is 24.3 Å². The van der Waals surface area contributed by atoms with Gasteiger partial charge in [-0.05, 0) is 47.6 Å². The fourth-order valence-electron chi connectivity index (χ4n) is 1.71. The third-order valence-electron chi connectivity index (χ3n) is 2.73. The molecule has 0 aliphatic rings. The van der Waals surface area contributed by atoms with E-state index in [1.807, 2.05) is 24.3 Å². The third-order valence-corrected chi connectivity index (χ3v) is 2.98. The summed E-state index contributed by atoms with van der Waals surface area (Å²) in [6.45, 7) is 0.511. The first-order valence-electron chi connectivity index (χ1n) is 6.16. The summed E-state index contributed by atoms with van der Waals surface area (Å²) < 4.78 is 12.8. The molecule has 20 heavy (non-hydrogen) atoms. The average Bonchev–Trinajstić information content (AvgIpc) is 2.47. The van der Waals surface area contributed by atoms with Crippen molar-refractivity contribution in [1.29, 1.82) is 0 Å². The highest BCUT2D eigenvalue weighted by atomic mass is 32.1. The normalized spacial score (nSPS) is 10.1. The molecule has 0 saturated heterocycles. The summed E-state index contributed by atoms with van der Waals surface area (Å²) in [5, 5.41) is 15.6. The van der Waals surface area contributed by atoms with Gasteiger partial charge in [0.25, 0.3) is 0 Å². The van der Waals surface area contributed by atoms with Gasteiger partial charge >= 0.3 is 0 Å². The highest BCUT2D eigenvalue weighted by Crippen LogP contribution is 2.10. The van der Waals surface area contributed by atoms with Crippen molar-refractivity contribution in [3.8, 4) is 0 Å². The van der Waals surface area contributed by atoms with Crippen molar-refractivity contribution in [1.82, 2.24) is 5.32 Å². The zero-order valence-corrected chi connectivity index (χ0v) is 11.6. The Morgan fingerprint density at radius 1 is 1.10 bits per heavy atom. The molecule has 0 saturated carbocycles. The number of nitrogens with one attached hydrogen (secondary N) is 2.